The number of aromatic nitrogens is 3. The van der Waals surface area contributed by atoms with Crippen molar-refractivity contribution in [3.63, 3.8) is 0 Å². The fourth-order valence-electron chi connectivity index (χ4n) is 3.44. The van der Waals surface area contributed by atoms with E-state index in [9.17, 15) is 9.90 Å². The molecule has 2 N–H and O–H groups in total. The first-order valence-corrected chi connectivity index (χ1v) is 10.5. The summed E-state index contributed by atoms with van der Waals surface area (Å²) in [6, 6.07) is 9.55. The molecule has 0 bridgehead atoms. The molecule has 3 aromatic heterocycles. The molecule has 31 heavy (non-hydrogen) atoms. The number of benzene rings is 1. The Morgan fingerprint density at radius 3 is 2.61 bits per heavy atom. The smallest absolute Gasteiger partial charge is 0.320 e. The zero-order valence-electron chi connectivity index (χ0n) is 17.5. The molecule has 0 saturated heterocycles. The molecule has 0 saturated carbocycles. The summed E-state index contributed by atoms with van der Waals surface area (Å²) in [7, 11) is 0. The number of nitrogens with zero attached hydrogens (tertiary/aromatic N) is 4. The summed E-state index contributed by atoms with van der Waals surface area (Å²) in [5, 5.41) is 17.3. The first-order valence-electron chi connectivity index (χ1n) is 9.71. The van der Waals surface area contributed by atoms with E-state index in [0.29, 0.717) is 27.0 Å². The van der Waals surface area contributed by atoms with Gasteiger partial charge in [0.1, 0.15) is 4.83 Å². The third-order valence-electron chi connectivity index (χ3n) is 4.88. The molecule has 0 fully saturated rings. The van der Waals surface area contributed by atoms with Crippen LogP contribution in [0, 0.1) is 6.92 Å². The Hall–Kier alpha value is -3.59. The Morgan fingerprint density at radius 1 is 1.29 bits per heavy atom. The van der Waals surface area contributed by atoms with Crippen LogP contribution in [-0.2, 0) is 0 Å². The second-order valence-corrected chi connectivity index (χ2v) is 8.42. The standard InChI is InChI=1S/C22H21N5O3S/c1-11(2)27-10-15(30-26-27)25-21(29)20-19(23)18-17(14-8-6-5-7-9-14)16(13(4)28)12(3)24-22(18)31-20/h5-11H,1-4H3,(H2-,23,25,26,29). The Morgan fingerprint density at radius 2 is 2.00 bits per heavy atom. The number of thiophene rings is 1. The predicted molar refractivity (Wildman–Crippen MR) is 117 cm³/mol. The van der Waals surface area contributed by atoms with Crippen LogP contribution in [0.25, 0.3) is 21.3 Å². The van der Waals surface area contributed by atoms with E-state index in [-0.39, 0.29) is 28.3 Å². The van der Waals surface area contributed by atoms with Crippen molar-refractivity contribution in [1.82, 2.24) is 10.3 Å². The van der Waals surface area contributed by atoms with Crippen molar-refractivity contribution in [1.29, 1.82) is 0 Å². The summed E-state index contributed by atoms with van der Waals surface area (Å²) >= 11 is 1.15. The van der Waals surface area contributed by atoms with E-state index >= 15 is 0 Å². The minimum Gasteiger partial charge on any atom is -0.857 e. The van der Waals surface area contributed by atoms with E-state index in [1.807, 2.05) is 44.2 Å². The van der Waals surface area contributed by atoms with Gasteiger partial charge in [0.25, 0.3) is 6.20 Å². The number of hydrogen-bond donors (Lipinski definition) is 1. The maximum Gasteiger partial charge on any atom is 0.320 e. The van der Waals surface area contributed by atoms with Crippen LogP contribution in [-0.4, -0.2) is 21.9 Å². The molecule has 0 atom stereocenters. The highest BCUT2D eigenvalue weighted by molar-refractivity contribution is 7.21. The number of Topliss-reactive ketones (excluding diaryl/α,β-unsaturated/α-hetero) is 1. The molecule has 158 valence electrons. The van der Waals surface area contributed by atoms with Crippen LogP contribution >= 0.6 is 11.3 Å². The van der Waals surface area contributed by atoms with Gasteiger partial charge in [-0.05, 0) is 37.9 Å². The van der Waals surface area contributed by atoms with E-state index < -0.39 is 5.90 Å². The number of ketones is 1. The summed E-state index contributed by atoms with van der Waals surface area (Å²) in [4.78, 5) is 21.9. The first kappa shape index (κ1) is 20.7. The number of pyridine rings is 1. The number of hydrogen-bond acceptors (Lipinski definition) is 8. The summed E-state index contributed by atoms with van der Waals surface area (Å²) in [6.45, 7) is 7.15. The predicted octanol–water partition coefficient (Wildman–Crippen LogP) is 3.35. The monoisotopic (exact) mass is 435 g/mol. The third kappa shape index (κ3) is 3.68. The summed E-state index contributed by atoms with van der Waals surface area (Å²) in [6.07, 6.45) is 1.55. The first-order chi connectivity index (χ1) is 14.8. The van der Waals surface area contributed by atoms with Gasteiger partial charge in [-0.3, -0.25) is 9.32 Å². The van der Waals surface area contributed by atoms with Gasteiger partial charge < -0.3 is 10.8 Å². The second-order valence-electron chi connectivity index (χ2n) is 7.43. The highest BCUT2D eigenvalue weighted by Crippen LogP contribution is 2.42. The number of nitrogens with two attached hydrogens (primary N) is 1. The molecule has 0 aliphatic heterocycles. The van der Waals surface area contributed by atoms with Gasteiger partial charge >= 0.3 is 5.88 Å². The van der Waals surface area contributed by atoms with Gasteiger partial charge in [-0.15, -0.1) is 11.3 Å². The number of nitrogen functional groups attached to an aromatic ring is 1. The van der Waals surface area contributed by atoms with E-state index in [2.05, 4.69) is 15.2 Å². The van der Waals surface area contributed by atoms with Gasteiger partial charge in [0.15, 0.2) is 11.8 Å². The Labute approximate surface area is 182 Å². The van der Waals surface area contributed by atoms with Crippen LogP contribution in [0.5, 0.6) is 0 Å². The fourth-order valence-corrected chi connectivity index (χ4v) is 4.48. The summed E-state index contributed by atoms with van der Waals surface area (Å²) in [5.41, 5.74) is 9.27. The number of carbonyl (C=O) groups excluding carboxylic acids is 1. The number of carbonyl (C=O) groups is 1. The van der Waals surface area contributed by atoms with E-state index in [1.165, 1.54) is 6.92 Å². The lowest BCUT2D eigenvalue weighted by atomic mass is 9.93. The maximum atomic E-state index is 12.9. The van der Waals surface area contributed by atoms with Gasteiger partial charge in [0, 0.05) is 22.4 Å². The van der Waals surface area contributed by atoms with Crippen molar-refractivity contribution in [2.45, 2.75) is 33.7 Å². The quantitative estimate of drug-likeness (QED) is 0.222. The molecule has 8 nitrogen and oxygen atoms in total. The van der Waals surface area contributed by atoms with Gasteiger partial charge in [-0.1, -0.05) is 30.3 Å². The summed E-state index contributed by atoms with van der Waals surface area (Å²) in [5.74, 6) is -0.574. The zero-order valence-corrected chi connectivity index (χ0v) is 18.4. The highest BCUT2D eigenvalue weighted by atomic mass is 32.1. The molecule has 4 aromatic rings. The topological polar surface area (TPSA) is 121 Å². The maximum absolute atomic E-state index is 12.9. The van der Waals surface area contributed by atoms with Crippen LogP contribution in [0.1, 0.15) is 47.7 Å². The fraction of sp³-hybridized carbons (Fsp3) is 0.227. The van der Waals surface area contributed by atoms with Gasteiger partial charge in [-0.2, -0.15) is 0 Å². The van der Waals surface area contributed by atoms with Crippen molar-refractivity contribution >= 4 is 44.8 Å². The number of anilines is 1. The van der Waals surface area contributed by atoms with Crippen molar-refractivity contribution in [2.75, 3.05) is 5.73 Å². The molecule has 1 aromatic carbocycles. The van der Waals surface area contributed by atoms with Crippen LogP contribution in [0.2, 0.25) is 0 Å². The van der Waals surface area contributed by atoms with Gasteiger partial charge in [0.05, 0.1) is 16.3 Å². The molecule has 0 aliphatic carbocycles. The number of aryl methyl sites for hydroxylation is 1. The molecular weight excluding hydrogens is 414 g/mol. The van der Waals surface area contributed by atoms with E-state index in [1.54, 1.807) is 17.8 Å². The minimum atomic E-state index is -0.548. The molecule has 0 spiro atoms. The minimum absolute atomic E-state index is 0.0720. The highest BCUT2D eigenvalue weighted by Gasteiger charge is 2.23. The average molecular weight is 436 g/mol. The van der Waals surface area contributed by atoms with Crippen molar-refractivity contribution in [3.8, 4) is 11.1 Å². The normalized spacial score (nSPS) is 12.1. The molecule has 0 unspecified atom stereocenters. The summed E-state index contributed by atoms with van der Waals surface area (Å²) < 4.78 is 6.69. The Balaban J connectivity index is 1.94. The van der Waals surface area contributed by atoms with E-state index in [4.69, 9.17) is 10.3 Å². The molecule has 9 heteroatoms. The van der Waals surface area contributed by atoms with Crippen LogP contribution in [0.3, 0.4) is 0 Å². The average Bonchev–Trinajstić information content (AvgIpc) is 3.32. The van der Waals surface area contributed by atoms with Crippen molar-refractivity contribution in [2.24, 2.45) is 4.99 Å². The Kier molecular flexibility index (Phi) is 5.28. The third-order valence-corrected chi connectivity index (χ3v) is 5.97. The Bertz CT molecular complexity index is 1320. The number of rotatable bonds is 5. The number of aliphatic imine (C=N–C) groups is 1. The largest absolute Gasteiger partial charge is 0.857 e. The molecule has 0 amide bonds. The van der Waals surface area contributed by atoms with Crippen LogP contribution < -0.4 is 15.5 Å². The lowest BCUT2D eigenvalue weighted by Gasteiger charge is -2.13. The van der Waals surface area contributed by atoms with Crippen LogP contribution in [0.4, 0.5) is 11.6 Å². The lowest BCUT2D eigenvalue weighted by Crippen LogP contribution is -2.36. The molecule has 4 rings (SSSR count). The zero-order chi connectivity index (χ0) is 22.3. The van der Waals surface area contributed by atoms with E-state index in [0.717, 1.165) is 16.9 Å². The van der Waals surface area contributed by atoms with Gasteiger partial charge in [-0.25, -0.2) is 9.98 Å². The lowest BCUT2D eigenvalue weighted by molar-refractivity contribution is -0.779. The van der Waals surface area contributed by atoms with Crippen molar-refractivity contribution in [3.05, 3.63) is 52.7 Å². The molecular formula is C22H21N5O3S. The molecule has 3 heterocycles. The SMILES string of the molecule is CC(=O)c1c(C)nc2sc(/C([O-])=N/c3c[n+](C(C)C)no3)c(N)c2c1-c1ccccc1. The molecule has 0 radical (unpaired) electrons. The molecule has 0 aliphatic rings. The van der Waals surface area contributed by atoms with Crippen molar-refractivity contribution < 1.29 is 19.1 Å². The van der Waals surface area contributed by atoms with Gasteiger partial charge in [0.2, 0.25) is 5.27 Å². The van der Waals surface area contributed by atoms with Crippen LogP contribution in [0.15, 0.2) is 46.0 Å². The second kappa shape index (κ2) is 7.92. The number of fused-ring (bicyclic) bond motifs is 1.